The third kappa shape index (κ3) is 3.28. The number of thiophene rings is 1. The van der Waals surface area contributed by atoms with Crippen molar-refractivity contribution in [2.75, 3.05) is 13.1 Å². The van der Waals surface area contributed by atoms with Gasteiger partial charge in [-0.3, -0.25) is 4.79 Å². The van der Waals surface area contributed by atoms with Gasteiger partial charge in [-0.15, -0.1) is 17.5 Å². The second-order valence-corrected chi connectivity index (χ2v) is 7.74. The molecule has 1 aliphatic heterocycles. The van der Waals surface area contributed by atoms with Crippen LogP contribution in [0, 0.1) is 5.41 Å². The number of hydrogen-bond donors (Lipinski definition) is 1. The lowest BCUT2D eigenvalue weighted by molar-refractivity contribution is 0.0697. The average Bonchev–Trinajstić information content (AvgIpc) is 3.02. The van der Waals surface area contributed by atoms with Gasteiger partial charge in [-0.25, -0.2) is 0 Å². The quantitative estimate of drug-likeness (QED) is 0.899. The molecule has 5 nitrogen and oxygen atoms in total. The maximum Gasteiger partial charge on any atom is 0.267 e. The summed E-state index contributed by atoms with van der Waals surface area (Å²) in [4.78, 5) is 15.6. The molecule has 124 valence electrons. The zero-order valence-electron chi connectivity index (χ0n) is 12.6. The number of aromatic nitrogens is 2. The molecule has 2 aromatic heterocycles. The lowest BCUT2D eigenvalue weighted by atomic mass is 9.93. The molecule has 1 unspecified atom stereocenters. The number of nitrogens with one attached hydrogen (secondary N) is 1. The summed E-state index contributed by atoms with van der Waals surface area (Å²) in [7, 11) is 0. The average molecular weight is 371 g/mol. The van der Waals surface area contributed by atoms with E-state index < -0.39 is 0 Å². The molecule has 4 rings (SSSR count). The number of rotatable bonds is 4. The van der Waals surface area contributed by atoms with Crippen LogP contribution in [-0.4, -0.2) is 39.5 Å². The zero-order valence-corrected chi connectivity index (χ0v) is 15.1. The van der Waals surface area contributed by atoms with Crippen LogP contribution in [0.1, 0.15) is 34.5 Å². The second kappa shape index (κ2) is 6.84. The molecule has 2 aliphatic rings. The topological polar surface area (TPSA) is 58.1 Å². The summed E-state index contributed by atoms with van der Waals surface area (Å²) in [6.07, 6.45) is 5.07. The monoisotopic (exact) mass is 370 g/mol. The first kappa shape index (κ1) is 16.8. The molecule has 3 heterocycles. The van der Waals surface area contributed by atoms with E-state index in [1.807, 2.05) is 0 Å². The molecule has 0 aromatic carbocycles. The molecule has 1 saturated carbocycles. The van der Waals surface area contributed by atoms with Gasteiger partial charge in [0.15, 0.2) is 0 Å². The molecule has 1 saturated heterocycles. The Morgan fingerprint density at radius 1 is 1.43 bits per heavy atom. The highest BCUT2D eigenvalue weighted by Crippen LogP contribution is 2.56. The number of amides is 1. The van der Waals surface area contributed by atoms with Crippen LogP contribution in [-0.2, 0) is 6.54 Å². The van der Waals surface area contributed by atoms with Crippen molar-refractivity contribution < 1.29 is 4.79 Å². The number of halogens is 1. The summed E-state index contributed by atoms with van der Waals surface area (Å²) in [6.45, 7) is 2.83. The van der Waals surface area contributed by atoms with E-state index in [-0.39, 0.29) is 18.3 Å². The highest BCUT2D eigenvalue weighted by molar-refractivity contribution is 7.08. The second-order valence-electron chi connectivity index (χ2n) is 6.18. The summed E-state index contributed by atoms with van der Waals surface area (Å²) in [5, 5.41) is 11.4. The third-order valence-corrected chi connectivity index (χ3v) is 6.27. The summed E-state index contributed by atoms with van der Waals surface area (Å²) in [6, 6.07) is 2.47. The van der Waals surface area contributed by atoms with E-state index in [1.54, 1.807) is 17.5 Å². The molecule has 1 atom stereocenters. The molecule has 0 radical (unpaired) electrons. The number of hydrogen-bond acceptors (Lipinski definition) is 6. The Hall–Kier alpha value is -1.02. The Labute approximate surface area is 149 Å². The number of carbonyl (C=O) groups excluding carboxylic acids is 1. The van der Waals surface area contributed by atoms with E-state index in [0.717, 1.165) is 19.5 Å². The molecule has 1 N–H and O–H groups in total. The Morgan fingerprint density at radius 2 is 2.26 bits per heavy atom. The minimum Gasteiger partial charge on any atom is -0.330 e. The van der Waals surface area contributed by atoms with Crippen LogP contribution < -0.4 is 5.32 Å². The first-order valence-corrected chi connectivity index (χ1v) is 9.30. The summed E-state index contributed by atoms with van der Waals surface area (Å²) >= 11 is 2.87. The first-order valence-electron chi connectivity index (χ1n) is 7.59. The van der Waals surface area contributed by atoms with Crippen molar-refractivity contribution in [3.8, 4) is 0 Å². The van der Waals surface area contributed by atoms with Gasteiger partial charge < -0.3 is 10.2 Å². The molecule has 8 heteroatoms. The Bertz CT molecular complexity index is 641. The first-order chi connectivity index (χ1) is 10.8. The molecule has 23 heavy (non-hydrogen) atoms. The highest BCUT2D eigenvalue weighted by Gasteiger charge is 2.57. The van der Waals surface area contributed by atoms with Crippen molar-refractivity contribution >= 4 is 41.2 Å². The molecule has 2 fully saturated rings. The highest BCUT2D eigenvalue weighted by atomic mass is 35.5. The normalized spacial score (nSPS) is 21.7. The number of nitrogens with zero attached hydrogens (tertiary/aromatic N) is 3. The fourth-order valence-electron chi connectivity index (χ4n) is 3.53. The smallest absolute Gasteiger partial charge is 0.267 e. The maximum atomic E-state index is 12.9. The minimum absolute atomic E-state index is 0. The van der Waals surface area contributed by atoms with Gasteiger partial charge >= 0.3 is 0 Å². The van der Waals surface area contributed by atoms with Gasteiger partial charge in [0.05, 0.1) is 6.20 Å². The SMILES string of the molecule is Cl.O=C(c1cnns1)N(Cc1ccsc1)C1CC12CCNCC2. The fraction of sp³-hybridized carbons (Fsp3) is 0.533. The minimum atomic E-state index is 0. The Morgan fingerprint density at radius 3 is 2.91 bits per heavy atom. The van der Waals surface area contributed by atoms with Gasteiger partial charge in [0, 0.05) is 12.6 Å². The van der Waals surface area contributed by atoms with Crippen LogP contribution in [0.15, 0.2) is 23.0 Å². The van der Waals surface area contributed by atoms with Gasteiger partial charge in [-0.2, -0.15) is 11.3 Å². The van der Waals surface area contributed by atoms with Crippen molar-refractivity contribution in [1.29, 1.82) is 0 Å². The molecule has 1 spiro atoms. The van der Waals surface area contributed by atoms with Gasteiger partial charge in [-0.05, 0) is 71.7 Å². The van der Waals surface area contributed by atoms with Crippen LogP contribution in [0.5, 0.6) is 0 Å². The van der Waals surface area contributed by atoms with Gasteiger partial charge in [0.2, 0.25) is 0 Å². The van der Waals surface area contributed by atoms with Crippen molar-refractivity contribution in [3.63, 3.8) is 0 Å². The van der Waals surface area contributed by atoms with E-state index in [9.17, 15) is 4.79 Å². The van der Waals surface area contributed by atoms with Crippen LogP contribution >= 0.6 is 35.3 Å². The maximum absolute atomic E-state index is 12.9. The lowest BCUT2D eigenvalue weighted by Gasteiger charge is -2.29. The van der Waals surface area contributed by atoms with Crippen LogP contribution in [0.3, 0.4) is 0 Å². The summed E-state index contributed by atoms with van der Waals surface area (Å²) in [5.41, 5.74) is 1.56. The van der Waals surface area contributed by atoms with Crippen molar-refractivity contribution in [3.05, 3.63) is 33.5 Å². The summed E-state index contributed by atoms with van der Waals surface area (Å²) in [5.74, 6) is 0.0848. The third-order valence-electron chi connectivity index (χ3n) is 4.89. The fourth-order valence-corrected chi connectivity index (χ4v) is 4.67. The number of piperidine rings is 1. The lowest BCUT2D eigenvalue weighted by Crippen LogP contribution is -2.38. The van der Waals surface area contributed by atoms with Gasteiger partial charge in [0.25, 0.3) is 5.91 Å². The Balaban J connectivity index is 0.00000156. The van der Waals surface area contributed by atoms with Gasteiger partial charge in [-0.1, -0.05) is 4.49 Å². The van der Waals surface area contributed by atoms with Crippen molar-refractivity contribution in [2.24, 2.45) is 5.41 Å². The predicted octanol–water partition coefficient (Wildman–Crippen LogP) is 2.81. The summed E-state index contributed by atoms with van der Waals surface area (Å²) < 4.78 is 3.84. The van der Waals surface area contributed by atoms with E-state index in [0.29, 0.717) is 22.9 Å². The zero-order chi connectivity index (χ0) is 15.0. The largest absolute Gasteiger partial charge is 0.330 e. The Kier molecular flexibility index (Phi) is 5.01. The van der Waals surface area contributed by atoms with Crippen LogP contribution in [0.4, 0.5) is 0 Å². The van der Waals surface area contributed by atoms with E-state index in [2.05, 4.69) is 36.6 Å². The molecule has 0 bridgehead atoms. The molecular formula is C15H19ClN4OS2. The van der Waals surface area contributed by atoms with Crippen LogP contribution in [0.25, 0.3) is 0 Å². The van der Waals surface area contributed by atoms with Crippen molar-refractivity contribution in [2.45, 2.75) is 31.8 Å². The van der Waals surface area contributed by atoms with Crippen LogP contribution in [0.2, 0.25) is 0 Å². The van der Waals surface area contributed by atoms with E-state index in [4.69, 9.17) is 0 Å². The standard InChI is InChI=1S/C15H18N4OS2.ClH/c20-14(12-8-17-18-22-12)19(9-11-1-6-21-10-11)13-7-15(13)2-4-16-5-3-15;/h1,6,8,10,13,16H,2-5,7,9H2;1H. The van der Waals surface area contributed by atoms with E-state index in [1.165, 1.54) is 29.9 Å². The van der Waals surface area contributed by atoms with E-state index >= 15 is 0 Å². The molecule has 1 amide bonds. The molecule has 2 aromatic rings. The number of carbonyl (C=O) groups is 1. The van der Waals surface area contributed by atoms with Gasteiger partial charge in [0.1, 0.15) is 4.88 Å². The van der Waals surface area contributed by atoms with Crippen molar-refractivity contribution in [1.82, 2.24) is 19.8 Å². The molecule has 1 aliphatic carbocycles. The predicted molar refractivity (Wildman–Crippen MR) is 94.3 cm³/mol. The molecular weight excluding hydrogens is 352 g/mol.